The first-order valence-electron chi connectivity index (χ1n) is 5.81. The minimum atomic E-state index is -2.92. The van der Waals surface area contributed by atoms with Gasteiger partial charge in [0.1, 0.15) is 0 Å². The highest BCUT2D eigenvalue weighted by atomic mass is 32.2. The minimum Gasteiger partial charge on any atom is -0.316 e. The molecule has 90 valence electrons. The van der Waals surface area contributed by atoms with Crippen LogP contribution in [0.5, 0.6) is 0 Å². The summed E-state index contributed by atoms with van der Waals surface area (Å²) < 4.78 is 24.0. The van der Waals surface area contributed by atoms with Crippen LogP contribution in [0.15, 0.2) is 0 Å². The Morgan fingerprint density at radius 3 is 2.33 bits per heavy atom. The van der Waals surface area contributed by atoms with Gasteiger partial charge in [0.25, 0.3) is 0 Å². The highest BCUT2D eigenvalue weighted by molar-refractivity contribution is 7.92. The highest BCUT2D eigenvalue weighted by Crippen LogP contribution is 2.33. The second-order valence-electron chi connectivity index (χ2n) is 4.87. The Hall–Kier alpha value is -0.0900. The number of hydrogen-bond donors (Lipinski definition) is 1. The maximum Gasteiger partial charge on any atom is 0.154 e. The van der Waals surface area contributed by atoms with E-state index in [1.807, 2.05) is 7.05 Å². The average Bonchev–Trinajstić information content (AvgIpc) is 2.15. The third-order valence-electron chi connectivity index (χ3n) is 3.58. The fourth-order valence-corrected chi connectivity index (χ4v) is 4.86. The van der Waals surface area contributed by atoms with Crippen molar-refractivity contribution in [1.29, 1.82) is 0 Å². The first kappa shape index (κ1) is 13.0. The van der Waals surface area contributed by atoms with Crippen LogP contribution in [-0.2, 0) is 9.84 Å². The van der Waals surface area contributed by atoms with E-state index in [0.29, 0.717) is 5.92 Å². The van der Waals surface area contributed by atoms with Crippen molar-refractivity contribution in [3.8, 4) is 0 Å². The van der Waals surface area contributed by atoms with Crippen molar-refractivity contribution in [2.75, 3.05) is 12.8 Å². The van der Waals surface area contributed by atoms with Gasteiger partial charge in [-0.05, 0) is 31.7 Å². The molecule has 4 atom stereocenters. The third kappa shape index (κ3) is 2.72. The number of nitrogens with one attached hydrogen (secondary N) is 1. The van der Waals surface area contributed by atoms with Crippen LogP contribution >= 0.6 is 0 Å². The normalized spacial score (nSPS) is 37.9. The van der Waals surface area contributed by atoms with E-state index in [1.54, 1.807) is 6.92 Å². The molecular weight excluding hydrogens is 210 g/mol. The van der Waals surface area contributed by atoms with Crippen molar-refractivity contribution >= 4 is 9.84 Å². The maximum absolute atomic E-state index is 12.0. The van der Waals surface area contributed by atoms with Gasteiger partial charge in [0, 0.05) is 11.8 Å². The van der Waals surface area contributed by atoms with E-state index in [0.717, 1.165) is 12.8 Å². The molecule has 1 aliphatic rings. The summed E-state index contributed by atoms with van der Waals surface area (Å²) in [6.07, 6.45) is 2.01. The third-order valence-corrected chi connectivity index (χ3v) is 6.00. The number of hydrogen-bond acceptors (Lipinski definition) is 3. The van der Waals surface area contributed by atoms with Crippen molar-refractivity contribution in [3.05, 3.63) is 0 Å². The fraction of sp³-hybridized carbons (Fsp3) is 1.00. The molecule has 0 saturated heterocycles. The van der Waals surface area contributed by atoms with Crippen LogP contribution in [0.2, 0.25) is 0 Å². The first-order valence-corrected chi connectivity index (χ1v) is 7.52. The van der Waals surface area contributed by atoms with Crippen LogP contribution in [0, 0.1) is 11.8 Å². The summed E-state index contributed by atoms with van der Waals surface area (Å²) in [5, 5.41) is 2.99. The summed E-state index contributed by atoms with van der Waals surface area (Å²) >= 11 is 0. The van der Waals surface area contributed by atoms with Crippen molar-refractivity contribution < 1.29 is 8.42 Å². The van der Waals surface area contributed by atoms with E-state index < -0.39 is 9.84 Å². The molecule has 0 heterocycles. The topological polar surface area (TPSA) is 46.2 Å². The van der Waals surface area contributed by atoms with Gasteiger partial charge in [-0.15, -0.1) is 0 Å². The van der Waals surface area contributed by atoms with Crippen molar-refractivity contribution in [2.45, 2.75) is 44.9 Å². The molecule has 0 radical (unpaired) electrons. The highest BCUT2D eigenvalue weighted by Gasteiger charge is 2.40. The molecule has 0 spiro atoms. The average molecular weight is 233 g/mol. The van der Waals surface area contributed by atoms with Gasteiger partial charge in [0.2, 0.25) is 0 Å². The SMILES string of the molecule is CCS(=O)(=O)C1C(C)CC(C)CC1NC. The van der Waals surface area contributed by atoms with Gasteiger partial charge in [-0.3, -0.25) is 0 Å². The molecular formula is C11H23NO2S. The molecule has 4 heteroatoms. The summed E-state index contributed by atoms with van der Waals surface area (Å²) in [6, 6.07) is 0.133. The van der Waals surface area contributed by atoms with Gasteiger partial charge in [0.05, 0.1) is 5.25 Å². The Morgan fingerprint density at radius 2 is 1.87 bits per heavy atom. The number of rotatable bonds is 3. The monoisotopic (exact) mass is 233 g/mol. The largest absolute Gasteiger partial charge is 0.316 e. The van der Waals surface area contributed by atoms with Crippen molar-refractivity contribution in [2.24, 2.45) is 11.8 Å². The Morgan fingerprint density at radius 1 is 1.27 bits per heavy atom. The second-order valence-corrected chi connectivity index (χ2v) is 7.31. The summed E-state index contributed by atoms with van der Waals surface area (Å²) in [7, 11) is -1.05. The first-order chi connectivity index (χ1) is 6.92. The van der Waals surface area contributed by atoms with E-state index >= 15 is 0 Å². The van der Waals surface area contributed by atoms with Crippen LogP contribution in [0.25, 0.3) is 0 Å². The van der Waals surface area contributed by atoms with Crippen LogP contribution in [0.3, 0.4) is 0 Å². The Kier molecular flexibility index (Phi) is 4.18. The van der Waals surface area contributed by atoms with E-state index in [1.165, 1.54) is 0 Å². The molecule has 0 aromatic heterocycles. The molecule has 1 fully saturated rings. The maximum atomic E-state index is 12.0. The molecule has 1 aliphatic carbocycles. The zero-order valence-electron chi connectivity index (χ0n) is 10.2. The van der Waals surface area contributed by atoms with Crippen LogP contribution in [0.1, 0.15) is 33.6 Å². The lowest BCUT2D eigenvalue weighted by atomic mass is 9.80. The lowest BCUT2D eigenvalue weighted by Gasteiger charge is -2.38. The quantitative estimate of drug-likeness (QED) is 0.802. The molecule has 0 aromatic rings. The summed E-state index contributed by atoms with van der Waals surface area (Å²) in [6.45, 7) is 6.01. The number of sulfone groups is 1. The van der Waals surface area contributed by atoms with E-state index in [9.17, 15) is 8.42 Å². The molecule has 1 N–H and O–H groups in total. The van der Waals surface area contributed by atoms with E-state index in [-0.39, 0.29) is 23.0 Å². The molecule has 3 nitrogen and oxygen atoms in total. The van der Waals surface area contributed by atoms with Crippen LogP contribution in [-0.4, -0.2) is 32.5 Å². The van der Waals surface area contributed by atoms with Crippen molar-refractivity contribution in [3.63, 3.8) is 0 Å². The molecule has 1 rings (SSSR count). The van der Waals surface area contributed by atoms with Gasteiger partial charge in [0.15, 0.2) is 9.84 Å². The van der Waals surface area contributed by atoms with Gasteiger partial charge in [-0.2, -0.15) is 0 Å². The predicted octanol–water partition coefficient (Wildman–Crippen LogP) is 1.44. The lowest BCUT2D eigenvalue weighted by Crippen LogP contribution is -2.51. The second kappa shape index (κ2) is 4.83. The Bertz CT molecular complexity index is 300. The zero-order valence-corrected chi connectivity index (χ0v) is 11.0. The molecule has 1 saturated carbocycles. The Balaban J connectivity index is 2.93. The molecule has 0 aliphatic heterocycles. The van der Waals surface area contributed by atoms with Crippen LogP contribution in [0.4, 0.5) is 0 Å². The van der Waals surface area contributed by atoms with Crippen LogP contribution < -0.4 is 5.32 Å². The van der Waals surface area contributed by atoms with E-state index in [2.05, 4.69) is 19.2 Å². The summed E-state index contributed by atoms with van der Waals surface area (Å²) in [5.41, 5.74) is 0. The van der Waals surface area contributed by atoms with Gasteiger partial charge >= 0.3 is 0 Å². The fourth-order valence-electron chi connectivity index (χ4n) is 2.91. The summed E-state index contributed by atoms with van der Waals surface area (Å²) in [5.74, 6) is 1.16. The van der Waals surface area contributed by atoms with Gasteiger partial charge in [-0.25, -0.2) is 8.42 Å². The molecule has 0 amide bonds. The standard InChI is InChI=1S/C11H23NO2S/c1-5-15(13,14)11-9(3)6-8(2)7-10(11)12-4/h8-12H,5-7H2,1-4H3. The molecule has 0 bridgehead atoms. The van der Waals surface area contributed by atoms with Gasteiger partial charge < -0.3 is 5.32 Å². The summed E-state index contributed by atoms with van der Waals surface area (Å²) in [4.78, 5) is 0. The predicted molar refractivity (Wildman–Crippen MR) is 63.7 cm³/mol. The lowest BCUT2D eigenvalue weighted by molar-refractivity contribution is 0.249. The minimum absolute atomic E-state index is 0.133. The van der Waals surface area contributed by atoms with E-state index in [4.69, 9.17) is 0 Å². The van der Waals surface area contributed by atoms with Gasteiger partial charge in [-0.1, -0.05) is 20.8 Å². The smallest absolute Gasteiger partial charge is 0.154 e. The molecule has 4 unspecified atom stereocenters. The molecule has 0 aromatic carbocycles. The Labute approximate surface area is 93.6 Å². The molecule has 15 heavy (non-hydrogen) atoms. The zero-order chi connectivity index (χ0) is 11.6. The van der Waals surface area contributed by atoms with Crippen molar-refractivity contribution in [1.82, 2.24) is 5.32 Å².